The minimum Gasteiger partial charge on any atom is -0.378 e. The van der Waals surface area contributed by atoms with E-state index in [-0.39, 0.29) is 0 Å². The number of piperidine rings is 1. The number of ether oxygens (including phenoxy) is 1. The molecular weight excluding hydrogens is 216 g/mol. The Labute approximate surface area is 101 Å². The fourth-order valence-electron chi connectivity index (χ4n) is 2.03. The van der Waals surface area contributed by atoms with E-state index in [1.165, 1.54) is 6.20 Å². The van der Waals surface area contributed by atoms with E-state index in [1.54, 1.807) is 6.20 Å². The molecular formula is C12H16N4O. The summed E-state index contributed by atoms with van der Waals surface area (Å²) >= 11 is 0. The van der Waals surface area contributed by atoms with Gasteiger partial charge in [-0.05, 0) is 19.8 Å². The number of aromatic nitrogens is 2. The number of rotatable bonds is 3. The lowest BCUT2D eigenvalue weighted by molar-refractivity contribution is 0.0458. The third kappa shape index (κ3) is 2.92. The molecule has 5 heteroatoms. The molecule has 1 aromatic rings. The average molecular weight is 232 g/mol. The van der Waals surface area contributed by atoms with Gasteiger partial charge < -0.3 is 9.64 Å². The van der Waals surface area contributed by atoms with Crippen LogP contribution < -0.4 is 4.90 Å². The van der Waals surface area contributed by atoms with Gasteiger partial charge in [0.25, 0.3) is 0 Å². The van der Waals surface area contributed by atoms with Crippen LogP contribution in [-0.4, -0.2) is 35.8 Å². The monoisotopic (exact) mass is 232 g/mol. The second-order valence-electron chi connectivity index (χ2n) is 4.01. The number of nitrogens with zero attached hydrogens (tertiary/aromatic N) is 4. The molecule has 1 aliphatic heterocycles. The SMILES string of the molecule is CCOC1CCN(c2cnc(C#N)cn2)CC1. The molecule has 0 aliphatic carbocycles. The summed E-state index contributed by atoms with van der Waals surface area (Å²) in [5.41, 5.74) is 0.359. The maximum atomic E-state index is 8.65. The average Bonchev–Trinajstić information content (AvgIpc) is 2.40. The summed E-state index contributed by atoms with van der Waals surface area (Å²) in [6, 6.07) is 1.97. The molecule has 0 unspecified atom stereocenters. The third-order valence-electron chi connectivity index (χ3n) is 2.92. The maximum absolute atomic E-state index is 8.65. The zero-order chi connectivity index (χ0) is 12.1. The molecule has 5 nitrogen and oxygen atoms in total. The Morgan fingerprint density at radius 1 is 1.41 bits per heavy atom. The topological polar surface area (TPSA) is 62.0 Å². The van der Waals surface area contributed by atoms with Crippen molar-refractivity contribution in [2.45, 2.75) is 25.9 Å². The van der Waals surface area contributed by atoms with Gasteiger partial charge in [0.05, 0.1) is 18.5 Å². The summed E-state index contributed by atoms with van der Waals surface area (Å²) in [6.45, 7) is 4.68. The van der Waals surface area contributed by atoms with Crippen LogP contribution in [0.2, 0.25) is 0 Å². The van der Waals surface area contributed by atoms with E-state index >= 15 is 0 Å². The van der Waals surface area contributed by atoms with Crippen LogP contribution in [0, 0.1) is 11.3 Å². The van der Waals surface area contributed by atoms with Crippen LogP contribution in [0.15, 0.2) is 12.4 Å². The Hall–Kier alpha value is -1.67. The Bertz CT molecular complexity index is 390. The number of anilines is 1. The van der Waals surface area contributed by atoms with E-state index in [4.69, 9.17) is 10.00 Å². The largest absolute Gasteiger partial charge is 0.378 e. The van der Waals surface area contributed by atoms with Crippen molar-refractivity contribution < 1.29 is 4.74 Å². The smallest absolute Gasteiger partial charge is 0.158 e. The quantitative estimate of drug-likeness (QED) is 0.787. The predicted octanol–water partition coefficient (Wildman–Crippen LogP) is 1.35. The van der Waals surface area contributed by atoms with Crippen molar-refractivity contribution in [3.63, 3.8) is 0 Å². The summed E-state index contributed by atoms with van der Waals surface area (Å²) < 4.78 is 5.60. The molecule has 1 saturated heterocycles. The van der Waals surface area contributed by atoms with Crippen molar-refractivity contribution >= 4 is 5.82 Å². The van der Waals surface area contributed by atoms with Gasteiger partial charge in [-0.2, -0.15) is 5.26 Å². The fraction of sp³-hybridized carbons (Fsp3) is 0.583. The van der Waals surface area contributed by atoms with E-state index in [0.717, 1.165) is 38.4 Å². The van der Waals surface area contributed by atoms with Gasteiger partial charge in [-0.25, -0.2) is 9.97 Å². The van der Waals surface area contributed by atoms with Crippen LogP contribution in [0.1, 0.15) is 25.5 Å². The molecule has 2 rings (SSSR count). The molecule has 0 atom stereocenters. The molecule has 0 saturated carbocycles. The van der Waals surface area contributed by atoms with Crippen molar-refractivity contribution in [3.05, 3.63) is 18.1 Å². The van der Waals surface area contributed by atoms with Gasteiger partial charge in [0.1, 0.15) is 11.9 Å². The van der Waals surface area contributed by atoms with Gasteiger partial charge in [-0.1, -0.05) is 0 Å². The second-order valence-corrected chi connectivity index (χ2v) is 4.01. The third-order valence-corrected chi connectivity index (χ3v) is 2.92. The summed E-state index contributed by atoms with van der Waals surface area (Å²) in [4.78, 5) is 10.5. The van der Waals surface area contributed by atoms with Crippen LogP contribution in [0.5, 0.6) is 0 Å². The lowest BCUT2D eigenvalue weighted by atomic mass is 10.1. The molecule has 0 aromatic carbocycles. The summed E-state index contributed by atoms with van der Waals surface area (Å²) in [7, 11) is 0. The number of nitriles is 1. The van der Waals surface area contributed by atoms with Crippen molar-refractivity contribution in [3.8, 4) is 6.07 Å². The van der Waals surface area contributed by atoms with E-state index in [1.807, 2.05) is 13.0 Å². The summed E-state index contributed by atoms with van der Waals surface area (Å²) in [5, 5.41) is 8.65. The first-order chi connectivity index (χ1) is 8.33. The zero-order valence-corrected chi connectivity index (χ0v) is 9.96. The number of hydrogen-bond acceptors (Lipinski definition) is 5. The molecule has 0 bridgehead atoms. The highest BCUT2D eigenvalue weighted by Crippen LogP contribution is 2.18. The first-order valence-electron chi connectivity index (χ1n) is 5.92. The van der Waals surface area contributed by atoms with Crippen molar-refractivity contribution in [1.29, 1.82) is 5.26 Å². The van der Waals surface area contributed by atoms with E-state index < -0.39 is 0 Å². The molecule has 1 aromatic heterocycles. The first kappa shape index (κ1) is 11.8. The van der Waals surface area contributed by atoms with E-state index in [9.17, 15) is 0 Å². The molecule has 0 N–H and O–H groups in total. The standard InChI is InChI=1S/C12H16N4O/c1-2-17-11-3-5-16(6-4-11)12-9-14-10(7-13)8-15-12/h8-9,11H,2-6H2,1H3. The Balaban J connectivity index is 1.94. The zero-order valence-electron chi connectivity index (χ0n) is 9.96. The van der Waals surface area contributed by atoms with Crippen molar-refractivity contribution in [2.75, 3.05) is 24.6 Å². The van der Waals surface area contributed by atoms with Crippen molar-refractivity contribution in [2.24, 2.45) is 0 Å². The van der Waals surface area contributed by atoms with Crippen LogP contribution in [0.4, 0.5) is 5.82 Å². The first-order valence-corrected chi connectivity index (χ1v) is 5.92. The molecule has 0 spiro atoms. The lowest BCUT2D eigenvalue weighted by Gasteiger charge is -2.32. The second kappa shape index (κ2) is 5.60. The van der Waals surface area contributed by atoms with Gasteiger partial charge in [0, 0.05) is 19.7 Å². The predicted molar refractivity (Wildman–Crippen MR) is 63.6 cm³/mol. The molecule has 2 heterocycles. The summed E-state index contributed by atoms with van der Waals surface area (Å²) in [6.07, 6.45) is 5.61. The molecule has 1 fully saturated rings. The van der Waals surface area contributed by atoms with Gasteiger partial charge in [-0.15, -0.1) is 0 Å². The van der Waals surface area contributed by atoms with Gasteiger partial charge in [0.2, 0.25) is 0 Å². The van der Waals surface area contributed by atoms with Gasteiger partial charge in [0.15, 0.2) is 5.69 Å². The number of hydrogen-bond donors (Lipinski definition) is 0. The van der Waals surface area contributed by atoms with E-state index in [2.05, 4.69) is 14.9 Å². The molecule has 17 heavy (non-hydrogen) atoms. The van der Waals surface area contributed by atoms with Crippen LogP contribution in [0.3, 0.4) is 0 Å². The lowest BCUT2D eigenvalue weighted by Crippen LogP contribution is -2.37. The van der Waals surface area contributed by atoms with Gasteiger partial charge in [-0.3, -0.25) is 0 Å². The van der Waals surface area contributed by atoms with Crippen LogP contribution in [0.25, 0.3) is 0 Å². The molecule has 90 valence electrons. The minimum atomic E-state index is 0.359. The van der Waals surface area contributed by atoms with Crippen molar-refractivity contribution in [1.82, 2.24) is 9.97 Å². The normalized spacial score (nSPS) is 16.8. The minimum absolute atomic E-state index is 0.359. The highest BCUT2D eigenvalue weighted by Gasteiger charge is 2.20. The summed E-state index contributed by atoms with van der Waals surface area (Å²) in [5.74, 6) is 0.846. The fourth-order valence-corrected chi connectivity index (χ4v) is 2.03. The van der Waals surface area contributed by atoms with Gasteiger partial charge >= 0.3 is 0 Å². The maximum Gasteiger partial charge on any atom is 0.158 e. The highest BCUT2D eigenvalue weighted by molar-refractivity contribution is 5.37. The highest BCUT2D eigenvalue weighted by atomic mass is 16.5. The molecule has 0 radical (unpaired) electrons. The Morgan fingerprint density at radius 2 is 2.18 bits per heavy atom. The van der Waals surface area contributed by atoms with Crippen LogP contribution in [-0.2, 0) is 4.74 Å². The molecule has 0 amide bonds. The molecule has 1 aliphatic rings. The van der Waals surface area contributed by atoms with E-state index in [0.29, 0.717) is 11.8 Å². The van der Waals surface area contributed by atoms with Crippen LogP contribution >= 0.6 is 0 Å². The Kier molecular flexibility index (Phi) is 3.89. The Morgan fingerprint density at radius 3 is 2.71 bits per heavy atom.